The topological polar surface area (TPSA) is 71.1 Å². The average molecular weight is 346 g/mol. The Bertz CT molecular complexity index is 762. The van der Waals surface area contributed by atoms with Crippen molar-refractivity contribution < 1.29 is 9.59 Å². The molecule has 1 atom stereocenters. The molecule has 0 saturated heterocycles. The van der Waals surface area contributed by atoms with Gasteiger partial charge in [-0.25, -0.2) is 0 Å². The van der Waals surface area contributed by atoms with Gasteiger partial charge in [-0.3, -0.25) is 14.6 Å². The lowest BCUT2D eigenvalue weighted by Gasteiger charge is -2.12. The molecule has 0 radical (unpaired) electrons. The summed E-state index contributed by atoms with van der Waals surface area (Å²) in [6, 6.07) is 8.34. The summed E-state index contributed by atoms with van der Waals surface area (Å²) in [6.45, 7) is 5.77. The maximum Gasteiger partial charge on any atom is 0.274 e. The van der Waals surface area contributed by atoms with E-state index in [2.05, 4.69) is 15.6 Å². The SMILES string of the molecule is CCC(C)NC(=O)c1ccnc(C(=O)Nc2ccc(Cl)cc2C)c1. The van der Waals surface area contributed by atoms with E-state index in [0.29, 0.717) is 16.3 Å². The molecule has 0 aliphatic heterocycles. The standard InChI is InChI=1S/C18H20ClN3O2/c1-4-12(3)21-17(23)13-7-8-20-16(10-13)18(24)22-15-6-5-14(19)9-11(15)2/h5-10,12H,4H2,1-3H3,(H,21,23)(H,22,24). The molecule has 6 heteroatoms. The first kappa shape index (κ1) is 17.9. The molecule has 0 aliphatic rings. The van der Waals surface area contributed by atoms with E-state index >= 15 is 0 Å². The highest BCUT2D eigenvalue weighted by atomic mass is 35.5. The van der Waals surface area contributed by atoms with Crippen molar-refractivity contribution in [1.82, 2.24) is 10.3 Å². The Morgan fingerprint density at radius 3 is 2.62 bits per heavy atom. The Morgan fingerprint density at radius 1 is 1.21 bits per heavy atom. The smallest absolute Gasteiger partial charge is 0.274 e. The number of aromatic nitrogens is 1. The van der Waals surface area contributed by atoms with Crippen LogP contribution in [-0.2, 0) is 0 Å². The lowest BCUT2D eigenvalue weighted by molar-refractivity contribution is 0.0939. The summed E-state index contributed by atoms with van der Waals surface area (Å²) < 4.78 is 0. The zero-order valence-electron chi connectivity index (χ0n) is 13.9. The van der Waals surface area contributed by atoms with Gasteiger partial charge in [0.15, 0.2) is 0 Å². The number of pyridine rings is 1. The van der Waals surface area contributed by atoms with Gasteiger partial charge in [-0.1, -0.05) is 18.5 Å². The van der Waals surface area contributed by atoms with Gasteiger partial charge in [-0.05, 0) is 56.2 Å². The van der Waals surface area contributed by atoms with E-state index < -0.39 is 0 Å². The predicted molar refractivity (Wildman–Crippen MR) is 95.6 cm³/mol. The van der Waals surface area contributed by atoms with Crippen LogP contribution in [0.15, 0.2) is 36.5 Å². The number of anilines is 1. The molecule has 126 valence electrons. The van der Waals surface area contributed by atoms with Crippen LogP contribution in [0.4, 0.5) is 5.69 Å². The van der Waals surface area contributed by atoms with Crippen molar-refractivity contribution in [3.8, 4) is 0 Å². The Morgan fingerprint density at radius 2 is 1.96 bits per heavy atom. The van der Waals surface area contributed by atoms with Crippen LogP contribution in [0, 0.1) is 6.92 Å². The van der Waals surface area contributed by atoms with Gasteiger partial charge in [0, 0.05) is 28.5 Å². The van der Waals surface area contributed by atoms with Crippen LogP contribution in [0.25, 0.3) is 0 Å². The Hall–Kier alpha value is -2.40. The molecule has 0 saturated carbocycles. The first-order valence-electron chi connectivity index (χ1n) is 7.75. The van der Waals surface area contributed by atoms with Crippen molar-refractivity contribution in [1.29, 1.82) is 0 Å². The third-order valence-electron chi connectivity index (χ3n) is 3.68. The van der Waals surface area contributed by atoms with Crippen LogP contribution in [0.2, 0.25) is 5.02 Å². The van der Waals surface area contributed by atoms with Gasteiger partial charge in [0.25, 0.3) is 11.8 Å². The van der Waals surface area contributed by atoms with E-state index in [9.17, 15) is 9.59 Å². The third kappa shape index (κ3) is 4.55. The first-order chi connectivity index (χ1) is 11.4. The highest BCUT2D eigenvalue weighted by Gasteiger charge is 2.14. The number of halogens is 1. The number of hydrogen-bond acceptors (Lipinski definition) is 3. The van der Waals surface area contributed by atoms with Gasteiger partial charge >= 0.3 is 0 Å². The number of carbonyl (C=O) groups excluding carboxylic acids is 2. The van der Waals surface area contributed by atoms with Gasteiger partial charge in [0.2, 0.25) is 0 Å². The number of benzene rings is 1. The minimum atomic E-state index is -0.376. The summed E-state index contributed by atoms with van der Waals surface area (Å²) in [4.78, 5) is 28.6. The maximum atomic E-state index is 12.4. The van der Waals surface area contributed by atoms with E-state index in [-0.39, 0.29) is 23.6 Å². The maximum absolute atomic E-state index is 12.4. The number of aryl methyl sites for hydroxylation is 1. The summed E-state index contributed by atoms with van der Waals surface area (Å²) in [7, 11) is 0. The van der Waals surface area contributed by atoms with E-state index in [4.69, 9.17) is 11.6 Å². The van der Waals surface area contributed by atoms with Crippen molar-refractivity contribution in [2.24, 2.45) is 0 Å². The van der Waals surface area contributed by atoms with Gasteiger partial charge in [0.1, 0.15) is 5.69 Å². The number of rotatable bonds is 5. The van der Waals surface area contributed by atoms with Crippen LogP contribution in [0.3, 0.4) is 0 Å². The molecule has 1 unspecified atom stereocenters. The molecule has 1 heterocycles. The van der Waals surface area contributed by atoms with Crippen LogP contribution in [0.5, 0.6) is 0 Å². The minimum Gasteiger partial charge on any atom is -0.350 e. The number of nitrogens with zero attached hydrogens (tertiary/aromatic N) is 1. The zero-order valence-corrected chi connectivity index (χ0v) is 14.6. The van der Waals surface area contributed by atoms with Crippen LogP contribution >= 0.6 is 11.6 Å². The summed E-state index contributed by atoms with van der Waals surface area (Å²) in [5.41, 5.74) is 2.09. The van der Waals surface area contributed by atoms with Crippen LogP contribution < -0.4 is 10.6 Å². The molecule has 1 aromatic heterocycles. The second-order valence-electron chi connectivity index (χ2n) is 5.63. The zero-order chi connectivity index (χ0) is 17.7. The molecule has 24 heavy (non-hydrogen) atoms. The molecule has 2 N–H and O–H groups in total. The first-order valence-corrected chi connectivity index (χ1v) is 8.13. The molecule has 2 aromatic rings. The summed E-state index contributed by atoms with van der Waals surface area (Å²) in [6.07, 6.45) is 2.29. The normalized spacial score (nSPS) is 11.7. The van der Waals surface area contributed by atoms with Crippen LogP contribution in [0.1, 0.15) is 46.7 Å². The monoisotopic (exact) mass is 345 g/mol. The molecular formula is C18H20ClN3O2. The largest absolute Gasteiger partial charge is 0.350 e. The number of carbonyl (C=O) groups is 2. The fraction of sp³-hybridized carbons (Fsp3) is 0.278. The van der Waals surface area contributed by atoms with Crippen molar-refractivity contribution in [3.05, 3.63) is 58.4 Å². The van der Waals surface area contributed by atoms with Crippen molar-refractivity contribution in [2.75, 3.05) is 5.32 Å². The van der Waals surface area contributed by atoms with Crippen molar-refractivity contribution in [2.45, 2.75) is 33.2 Å². The van der Waals surface area contributed by atoms with Gasteiger partial charge < -0.3 is 10.6 Å². The Labute approximate surface area is 146 Å². The van der Waals surface area contributed by atoms with Crippen molar-refractivity contribution in [3.63, 3.8) is 0 Å². The molecule has 0 spiro atoms. The van der Waals surface area contributed by atoms with Gasteiger partial charge in [-0.2, -0.15) is 0 Å². The second-order valence-corrected chi connectivity index (χ2v) is 6.06. The molecule has 2 amide bonds. The summed E-state index contributed by atoms with van der Waals surface area (Å²) >= 11 is 5.91. The molecule has 1 aromatic carbocycles. The summed E-state index contributed by atoms with van der Waals surface area (Å²) in [5, 5.41) is 6.25. The van der Waals surface area contributed by atoms with Gasteiger partial charge in [0.05, 0.1) is 0 Å². The molecule has 2 rings (SSSR count). The lowest BCUT2D eigenvalue weighted by atomic mass is 10.1. The predicted octanol–water partition coefficient (Wildman–Crippen LogP) is 3.82. The van der Waals surface area contributed by atoms with E-state index in [0.717, 1.165) is 12.0 Å². The van der Waals surface area contributed by atoms with E-state index in [1.807, 2.05) is 20.8 Å². The Kier molecular flexibility index (Phi) is 5.93. The third-order valence-corrected chi connectivity index (χ3v) is 3.92. The Balaban J connectivity index is 2.15. The quantitative estimate of drug-likeness (QED) is 0.865. The molecular weight excluding hydrogens is 326 g/mol. The van der Waals surface area contributed by atoms with E-state index in [1.165, 1.54) is 12.3 Å². The second kappa shape index (κ2) is 7.93. The number of amides is 2. The van der Waals surface area contributed by atoms with Gasteiger partial charge in [-0.15, -0.1) is 0 Å². The van der Waals surface area contributed by atoms with E-state index in [1.54, 1.807) is 24.3 Å². The highest BCUT2D eigenvalue weighted by molar-refractivity contribution is 6.30. The summed E-state index contributed by atoms with van der Waals surface area (Å²) in [5.74, 6) is -0.595. The van der Waals surface area contributed by atoms with Crippen LogP contribution in [-0.4, -0.2) is 22.8 Å². The number of nitrogens with one attached hydrogen (secondary N) is 2. The molecule has 0 fully saturated rings. The molecule has 0 aliphatic carbocycles. The highest BCUT2D eigenvalue weighted by Crippen LogP contribution is 2.20. The molecule has 0 bridgehead atoms. The average Bonchev–Trinajstić information content (AvgIpc) is 2.57. The minimum absolute atomic E-state index is 0.0691. The fourth-order valence-corrected chi connectivity index (χ4v) is 2.29. The molecule has 5 nitrogen and oxygen atoms in total. The fourth-order valence-electron chi connectivity index (χ4n) is 2.06. The number of hydrogen-bond donors (Lipinski definition) is 2. The van der Waals surface area contributed by atoms with Crippen molar-refractivity contribution >= 4 is 29.1 Å². The lowest BCUT2D eigenvalue weighted by Crippen LogP contribution is -2.32.